The van der Waals surface area contributed by atoms with Crippen molar-refractivity contribution in [3.05, 3.63) is 29.6 Å². The molecule has 15 heavy (non-hydrogen) atoms. The van der Waals surface area contributed by atoms with Crippen molar-refractivity contribution in [1.82, 2.24) is 0 Å². The van der Waals surface area contributed by atoms with E-state index in [0.29, 0.717) is 18.8 Å². The zero-order valence-electron chi connectivity index (χ0n) is 8.33. The van der Waals surface area contributed by atoms with E-state index < -0.39 is 11.2 Å². The second kappa shape index (κ2) is 3.62. The Kier molecular flexibility index (Phi) is 2.44. The average molecular weight is 210 g/mol. The molecule has 1 aromatic carbocycles. The topological polar surface area (TPSA) is 35.5 Å². The minimum absolute atomic E-state index is 0.181. The van der Waals surface area contributed by atoms with Crippen LogP contribution in [0.25, 0.3) is 0 Å². The first-order valence-corrected chi connectivity index (χ1v) is 4.60. The van der Waals surface area contributed by atoms with Gasteiger partial charge in [-0.1, -0.05) is 6.07 Å². The van der Waals surface area contributed by atoms with Gasteiger partial charge in [0.15, 0.2) is 11.6 Å². The van der Waals surface area contributed by atoms with E-state index in [2.05, 4.69) is 0 Å². The lowest BCUT2D eigenvalue weighted by atomic mass is 9.80. The van der Waals surface area contributed by atoms with Crippen LogP contribution in [0, 0.1) is 5.82 Å². The molecule has 0 spiro atoms. The maximum absolute atomic E-state index is 13.4. The van der Waals surface area contributed by atoms with E-state index in [1.807, 2.05) is 0 Å². The van der Waals surface area contributed by atoms with Crippen molar-refractivity contribution in [2.45, 2.75) is 5.41 Å². The zero-order valence-corrected chi connectivity index (χ0v) is 8.33. The second-order valence-electron chi connectivity index (χ2n) is 3.62. The molecule has 0 bridgehead atoms. The smallest absolute Gasteiger partial charge is 0.165 e. The van der Waals surface area contributed by atoms with Crippen molar-refractivity contribution >= 4 is 6.29 Å². The van der Waals surface area contributed by atoms with Crippen LogP contribution < -0.4 is 4.74 Å². The average Bonchev–Trinajstić information content (AvgIpc) is 2.17. The van der Waals surface area contributed by atoms with Gasteiger partial charge >= 0.3 is 0 Å². The summed E-state index contributed by atoms with van der Waals surface area (Å²) >= 11 is 0. The molecule has 1 aromatic rings. The van der Waals surface area contributed by atoms with Crippen LogP contribution >= 0.6 is 0 Å². The molecule has 1 saturated heterocycles. The quantitative estimate of drug-likeness (QED) is 0.705. The molecule has 0 aromatic heterocycles. The fraction of sp³-hybridized carbons (Fsp3) is 0.364. The Morgan fingerprint density at radius 2 is 2.27 bits per heavy atom. The number of aldehydes is 1. The van der Waals surface area contributed by atoms with Crippen molar-refractivity contribution in [2.75, 3.05) is 20.3 Å². The summed E-state index contributed by atoms with van der Waals surface area (Å²) < 4.78 is 23.2. The van der Waals surface area contributed by atoms with E-state index in [0.717, 1.165) is 6.29 Å². The van der Waals surface area contributed by atoms with E-state index >= 15 is 0 Å². The number of ether oxygens (including phenoxy) is 2. The number of hydrogen-bond donors (Lipinski definition) is 0. The number of hydrogen-bond acceptors (Lipinski definition) is 3. The van der Waals surface area contributed by atoms with Crippen LogP contribution in [0.3, 0.4) is 0 Å². The number of carbonyl (C=O) groups excluding carboxylic acids is 1. The molecule has 0 amide bonds. The summed E-state index contributed by atoms with van der Waals surface area (Å²) in [6, 6.07) is 4.54. The van der Waals surface area contributed by atoms with Crippen LogP contribution in [0.4, 0.5) is 4.39 Å². The minimum Gasteiger partial charge on any atom is -0.494 e. The highest BCUT2D eigenvalue weighted by Crippen LogP contribution is 2.32. The Hall–Kier alpha value is -1.42. The number of benzene rings is 1. The normalized spacial score (nSPS) is 18.0. The molecule has 0 radical (unpaired) electrons. The first-order chi connectivity index (χ1) is 7.22. The molecule has 3 nitrogen and oxygen atoms in total. The van der Waals surface area contributed by atoms with Crippen LogP contribution in [0.2, 0.25) is 0 Å². The Morgan fingerprint density at radius 1 is 1.53 bits per heavy atom. The van der Waals surface area contributed by atoms with Crippen molar-refractivity contribution in [3.8, 4) is 5.75 Å². The number of carbonyl (C=O) groups is 1. The van der Waals surface area contributed by atoms with Crippen LogP contribution in [0.15, 0.2) is 18.2 Å². The van der Waals surface area contributed by atoms with E-state index in [1.165, 1.54) is 19.2 Å². The number of methoxy groups -OCH3 is 1. The maximum Gasteiger partial charge on any atom is 0.165 e. The van der Waals surface area contributed by atoms with E-state index in [4.69, 9.17) is 9.47 Å². The van der Waals surface area contributed by atoms with E-state index in [1.54, 1.807) is 6.07 Å². The fourth-order valence-corrected chi connectivity index (χ4v) is 1.60. The summed E-state index contributed by atoms with van der Waals surface area (Å²) in [6.45, 7) is 0.643. The molecule has 4 heteroatoms. The summed E-state index contributed by atoms with van der Waals surface area (Å²) in [5.41, 5.74) is -0.0188. The lowest BCUT2D eigenvalue weighted by molar-refractivity contribution is -0.129. The Bertz CT molecular complexity index is 385. The summed E-state index contributed by atoms with van der Waals surface area (Å²) in [7, 11) is 1.40. The van der Waals surface area contributed by atoms with Crippen LogP contribution in [-0.2, 0) is 14.9 Å². The van der Waals surface area contributed by atoms with Crippen LogP contribution in [0.5, 0.6) is 5.75 Å². The Balaban J connectivity index is 2.37. The number of halogens is 1. The van der Waals surface area contributed by atoms with Crippen molar-refractivity contribution < 1.29 is 18.7 Å². The van der Waals surface area contributed by atoms with E-state index in [9.17, 15) is 9.18 Å². The van der Waals surface area contributed by atoms with Crippen LogP contribution in [-0.4, -0.2) is 26.6 Å². The highest BCUT2D eigenvalue weighted by molar-refractivity contribution is 5.70. The monoisotopic (exact) mass is 210 g/mol. The highest BCUT2D eigenvalue weighted by Gasteiger charge is 2.40. The van der Waals surface area contributed by atoms with E-state index in [-0.39, 0.29) is 5.75 Å². The van der Waals surface area contributed by atoms with Crippen LogP contribution in [0.1, 0.15) is 5.56 Å². The molecule has 2 rings (SSSR count). The lowest BCUT2D eigenvalue weighted by Gasteiger charge is -2.36. The molecule has 1 aliphatic heterocycles. The summed E-state index contributed by atoms with van der Waals surface area (Å²) in [4.78, 5) is 10.9. The first-order valence-electron chi connectivity index (χ1n) is 4.60. The van der Waals surface area contributed by atoms with Gasteiger partial charge in [-0.05, 0) is 17.7 Å². The Labute approximate surface area is 86.8 Å². The van der Waals surface area contributed by atoms with Crippen molar-refractivity contribution in [1.29, 1.82) is 0 Å². The molecule has 1 aliphatic rings. The van der Waals surface area contributed by atoms with Gasteiger partial charge in [0.2, 0.25) is 0 Å². The molecule has 0 atom stereocenters. The largest absolute Gasteiger partial charge is 0.494 e. The van der Waals surface area contributed by atoms with Gasteiger partial charge in [-0.2, -0.15) is 0 Å². The van der Waals surface area contributed by atoms with Gasteiger partial charge in [-0.3, -0.25) is 0 Å². The predicted octanol–water partition coefficient (Wildman–Crippen LogP) is 1.30. The summed E-state index contributed by atoms with van der Waals surface area (Å²) in [5, 5.41) is 0. The van der Waals surface area contributed by atoms with Crippen molar-refractivity contribution in [2.24, 2.45) is 0 Å². The van der Waals surface area contributed by atoms with Gasteiger partial charge in [0.05, 0.1) is 25.7 Å². The van der Waals surface area contributed by atoms with Gasteiger partial charge in [0.1, 0.15) is 6.29 Å². The van der Waals surface area contributed by atoms with Gasteiger partial charge in [-0.25, -0.2) is 4.39 Å². The molecular formula is C11H11FO3. The third kappa shape index (κ3) is 1.51. The third-order valence-electron chi connectivity index (χ3n) is 2.67. The zero-order chi connectivity index (χ0) is 10.9. The molecule has 0 unspecified atom stereocenters. The third-order valence-corrected chi connectivity index (χ3v) is 2.67. The fourth-order valence-electron chi connectivity index (χ4n) is 1.60. The predicted molar refractivity (Wildman–Crippen MR) is 51.5 cm³/mol. The molecule has 1 heterocycles. The molecule has 1 fully saturated rings. The molecule has 0 aliphatic carbocycles. The standard InChI is InChI=1S/C11H11FO3/c1-14-10-3-2-8(4-9(10)12)11(5-13)6-15-7-11/h2-5H,6-7H2,1H3. The summed E-state index contributed by atoms with van der Waals surface area (Å²) in [6.07, 6.45) is 0.817. The second-order valence-corrected chi connectivity index (χ2v) is 3.62. The molecule has 0 N–H and O–H groups in total. The van der Waals surface area contributed by atoms with Gasteiger partial charge < -0.3 is 14.3 Å². The Morgan fingerprint density at radius 3 is 2.67 bits per heavy atom. The number of rotatable bonds is 3. The summed E-state index contributed by atoms with van der Waals surface area (Å²) in [5.74, 6) is -0.275. The van der Waals surface area contributed by atoms with Gasteiger partial charge in [0, 0.05) is 0 Å². The molecule has 80 valence electrons. The molecule has 0 saturated carbocycles. The highest BCUT2D eigenvalue weighted by atomic mass is 19.1. The first kappa shape index (κ1) is 10.1. The van der Waals surface area contributed by atoms with Gasteiger partial charge in [0.25, 0.3) is 0 Å². The lowest BCUT2D eigenvalue weighted by Crippen LogP contribution is -2.48. The molecular weight excluding hydrogens is 199 g/mol. The van der Waals surface area contributed by atoms with Crippen molar-refractivity contribution in [3.63, 3.8) is 0 Å². The maximum atomic E-state index is 13.4. The van der Waals surface area contributed by atoms with Gasteiger partial charge in [-0.15, -0.1) is 0 Å². The SMILES string of the molecule is COc1ccc(C2(C=O)COC2)cc1F. The minimum atomic E-state index is -0.660.